The lowest BCUT2D eigenvalue weighted by molar-refractivity contribution is 0.166. The standard InChI is InChI=1S/C12H19BrN2S/c1-15(8-9-3-2-4-9)11(7-14)12-10(13)5-6-16-12/h5-6,9,11H,2-4,7-8,14H2,1H3. The summed E-state index contributed by atoms with van der Waals surface area (Å²) in [6, 6.07) is 2.48. The van der Waals surface area contributed by atoms with Crippen LogP contribution in [0.15, 0.2) is 15.9 Å². The minimum absolute atomic E-state index is 0.370. The lowest BCUT2D eigenvalue weighted by atomic mass is 9.85. The Kier molecular flexibility index (Phi) is 4.41. The van der Waals surface area contributed by atoms with Gasteiger partial charge in [-0.1, -0.05) is 6.42 Å². The van der Waals surface area contributed by atoms with E-state index >= 15 is 0 Å². The van der Waals surface area contributed by atoms with E-state index in [0.29, 0.717) is 12.6 Å². The molecule has 1 aromatic heterocycles. The molecule has 0 spiro atoms. The topological polar surface area (TPSA) is 29.3 Å². The number of likely N-dealkylation sites (N-methyl/N-ethyl adjacent to an activating group) is 1. The second kappa shape index (κ2) is 5.63. The highest BCUT2D eigenvalue weighted by atomic mass is 79.9. The van der Waals surface area contributed by atoms with E-state index in [1.165, 1.54) is 35.2 Å². The molecule has 1 unspecified atom stereocenters. The van der Waals surface area contributed by atoms with Crippen molar-refractivity contribution < 1.29 is 0 Å². The van der Waals surface area contributed by atoms with Gasteiger partial charge in [0.1, 0.15) is 0 Å². The summed E-state index contributed by atoms with van der Waals surface area (Å²) in [4.78, 5) is 3.78. The van der Waals surface area contributed by atoms with E-state index in [-0.39, 0.29) is 0 Å². The zero-order chi connectivity index (χ0) is 11.5. The molecule has 1 heterocycles. The smallest absolute Gasteiger partial charge is 0.0573 e. The predicted octanol–water partition coefficient (Wildman–Crippen LogP) is 3.24. The van der Waals surface area contributed by atoms with Crippen LogP contribution in [0.2, 0.25) is 0 Å². The van der Waals surface area contributed by atoms with Crippen molar-refractivity contribution in [3.63, 3.8) is 0 Å². The normalized spacial score (nSPS) is 18.8. The maximum absolute atomic E-state index is 5.91. The second-order valence-corrected chi connectivity index (χ2v) is 6.42. The van der Waals surface area contributed by atoms with Crippen molar-refractivity contribution in [2.75, 3.05) is 20.1 Å². The molecule has 0 aromatic carbocycles. The summed E-state index contributed by atoms with van der Waals surface area (Å²) in [5.41, 5.74) is 5.91. The molecule has 16 heavy (non-hydrogen) atoms. The molecule has 1 aliphatic carbocycles. The van der Waals surface area contributed by atoms with Gasteiger partial charge in [0.25, 0.3) is 0 Å². The Morgan fingerprint density at radius 1 is 1.62 bits per heavy atom. The summed E-state index contributed by atoms with van der Waals surface area (Å²) in [6.45, 7) is 1.88. The quantitative estimate of drug-likeness (QED) is 0.905. The van der Waals surface area contributed by atoms with Gasteiger partial charge in [-0.2, -0.15) is 0 Å². The maximum Gasteiger partial charge on any atom is 0.0573 e. The summed E-state index contributed by atoms with van der Waals surface area (Å²) in [6.07, 6.45) is 4.20. The fraction of sp³-hybridized carbons (Fsp3) is 0.667. The number of rotatable bonds is 5. The van der Waals surface area contributed by atoms with Crippen LogP contribution in [-0.2, 0) is 0 Å². The molecule has 1 fully saturated rings. The van der Waals surface area contributed by atoms with Crippen molar-refractivity contribution in [3.05, 3.63) is 20.8 Å². The zero-order valence-corrected chi connectivity index (χ0v) is 12.1. The third-order valence-electron chi connectivity index (χ3n) is 3.47. The van der Waals surface area contributed by atoms with Crippen molar-refractivity contribution in [2.45, 2.75) is 25.3 Å². The van der Waals surface area contributed by atoms with Gasteiger partial charge in [-0.3, -0.25) is 4.90 Å². The molecule has 1 aliphatic rings. The Hall–Kier alpha value is 0.100. The van der Waals surface area contributed by atoms with Crippen LogP contribution < -0.4 is 5.73 Å². The molecule has 2 N–H and O–H groups in total. The average molecular weight is 303 g/mol. The van der Waals surface area contributed by atoms with E-state index in [1.54, 1.807) is 11.3 Å². The summed E-state index contributed by atoms with van der Waals surface area (Å²) in [7, 11) is 2.20. The van der Waals surface area contributed by atoms with Crippen LogP contribution in [0.3, 0.4) is 0 Å². The number of hydrogen-bond acceptors (Lipinski definition) is 3. The molecule has 1 atom stereocenters. The number of halogens is 1. The predicted molar refractivity (Wildman–Crippen MR) is 73.8 cm³/mol. The zero-order valence-electron chi connectivity index (χ0n) is 9.66. The van der Waals surface area contributed by atoms with Crippen molar-refractivity contribution >= 4 is 27.3 Å². The minimum Gasteiger partial charge on any atom is -0.329 e. The molecule has 0 amide bonds. The summed E-state index contributed by atoms with van der Waals surface area (Å²) >= 11 is 5.40. The monoisotopic (exact) mass is 302 g/mol. The number of hydrogen-bond donors (Lipinski definition) is 1. The van der Waals surface area contributed by atoms with Crippen molar-refractivity contribution in [1.82, 2.24) is 4.90 Å². The number of thiophene rings is 1. The average Bonchev–Trinajstić information content (AvgIpc) is 2.60. The summed E-state index contributed by atoms with van der Waals surface area (Å²) in [5, 5.41) is 2.12. The molecular weight excluding hydrogens is 284 g/mol. The van der Waals surface area contributed by atoms with Crippen LogP contribution >= 0.6 is 27.3 Å². The molecule has 1 saturated carbocycles. The lowest BCUT2D eigenvalue weighted by Gasteiger charge is -2.34. The van der Waals surface area contributed by atoms with E-state index in [2.05, 4.69) is 39.3 Å². The molecule has 4 heteroatoms. The molecule has 2 rings (SSSR count). The third kappa shape index (κ3) is 2.67. The highest BCUT2D eigenvalue weighted by Gasteiger charge is 2.24. The van der Waals surface area contributed by atoms with E-state index in [9.17, 15) is 0 Å². The molecule has 90 valence electrons. The first-order chi connectivity index (χ1) is 7.72. The van der Waals surface area contributed by atoms with Crippen LogP contribution in [-0.4, -0.2) is 25.0 Å². The van der Waals surface area contributed by atoms with Gasteiger partial charge in [0, 0.05) is 22.4 Å². The van der Waals surface area contributed by atoms with Gasteiger partial charge in [-0.25, -0.2) is 0 Å². The van der Waals surface area contributed by atoms with Crippen molar-refractivity contribution in [2.24, 2.45) is 11.7 Å². The van der Waals surface area contributed by atoms with Crippen LogP contribution in [0, 0.1) is 5.92 Å². The van der Waals surface area contributed by atoms with Gasteiger partial charge in [0.15, 0.2) is 0 Å². The molecule has 0 aliphatic heterocycles. The Morgan fingerprint density at radius 2 is 2.38 bits per heavy atom. The molecule has 0 radical (unpaired) electrons. The van der Waals surface area contributed by atoms with E-state index in [4.69, 9.17) is 5.73 Å². The highest BCUT2D eigenvalue weighted by molar-refractivity contribution is 9.10. The van der Waals surface area contributed by atoms with Gasteiger partial charge >= 0.3 is 0 Å². The van der Waals surface area contributed by atoms with Gasteiger partial charge in [0.2, 0.25) is 0 Å². The Bertz CT molecular complexity index is 336. The van der Waals surface area contributed by atoms with Crippen LogP contribution in [0.5, 0.6) is 0 Å². The van der Waals surface area contributed by atoms with Crippen LogP contribution in [0.4, 0.5) is 0 Å². The Balaban J connectivity index is 2.00. The first kappa shape index (κ1) is 12.6. The second-order valence-electron chi connectivity index (χ2n) is 4.62. The summed E-state index contributed by atoms with van der Waals surface area (Å²) < 4.78 is 1.20. The third-order valence-corrected chi connectivity index (χ3v) is 5.45. The van der Waals surface area contributed by atoms with Gasteiger partial charge < -0.3 is 5.73 Å². The van der Waals surface area contributed by atoms with Gasteiger partial charge in [0.05, 0.1) is 6.04 Å². The van der Waals surface area contributed by atoms with Crippen LogP contribution in [0.25, 0.3) is 0 Å². The summed E-state index contributed by atoms with van der Waals surface area (Å²) in [5.74, 6) is 0.901. The van der Waals surface area contributed by atoms with Crippen molar-refractivity contribution in [3.8, 4) is 0 Å². The van der Waals surface area contributed by atoms with Gasteiger partial charge in [-0.05, 0) is 53.2 Å². The molecular formula is C12H19BrN2S. The Morgan fingerprint density at radius 3 is 2.81 bits per heavy atom. The van der Waals surface area contributed by atoms with Crippen molar-refractivity contribution in [1.29, 1.82) is 0 Å². The van der Waals surface area contributed by atoms with E-state index in [1.807, 2.05) is 0 Å². The van der Waals surface area contributed by atoms with E-state index < -0.39 is 0 Å². The largest absolute Gasteiger partial charge is 0.329 e. The fourth-order valence-corrected chi connectivity index (χ4v) is 4.06. The van der Waals surface area contributed by atoms with E-state index in [0.717, 1.165) is 5.92 Å². The Labute approximate surface area is 110 Å². The fourth-order valence-electron chi connectivity index (χ4n) is 2.24. The molecule has 1 aromatic rings. The first-order valence-corrected chi connectivity index (χ1v) is 7.53. The number of nitrogens with two attached hydrogens (primary N) is 1. The molecule has 0 bridgehead atoms. The SMILES string of the molecule is CN(CC1CCC1)C(CN)c1sccc1Br. The lowest BCUT2D eigenvalue weighted by Crippen LogP contribution is -2.35. The maximum atomic E-state index is 5.91. The highest BCUT2D eigenvalue weighted by Crippen LogP contribution is 2.34. The van der Waals surface area contributed by atoms with Crippen LogP contribution in [0.1, 0.15) is 30.2 Å². The van der Waals surface area contributed by atoms with Gasteiger partial charge in [-0.15, -0.1) is 11.3 Å². The number of nitrogens with zero attached hydrogens (tertiary/aromatic N) is 1. The molecule has 0 saturated heterocycles. The first-order valence-electron chi connectivity index (χ1n) is 5.85. The minimum atomic E-state index is 0.370. The molecule has 2 nitrogen and oxygen atoms in total.